The molecule has 0 amide bonds. The highest BCUT2D eigenvalue weighted by atomic mass is 15.2. The molecule has 2 aliphatic rings. The van der Waals surface area contributed by atoms with Crippen LogP contribution in [0.5, 0.6) is 0 Å². The van der Waals surface area contributed by atoms with Gasteiger partial charge < -0.3 is 14.0 Å². The lowest BCUT2D eigenvalue weighted by Crippen LogP contribution is -2.29. The second kappa shape index (κ2) is 14.4. The van der Waals surface area contributed by atoms with Crippen molar-refractivity contribution in [3.63, 3.8) is 0 Å². The highest BCUT2D eigenvalue weighted by Gasteiger charge is 2.33. The Hall–Kier alpha value is -8.80. The number of benzene rings is 9. The largest absolute Gasteiger partial charge is 0.326 e. The third-order valence-electron chi connectivity index (χ3n) is 13.8. The van der Waals surface area contributed by atoms with Crippen LogP contribution in [0, 0.1) is 0 Å². The Kier molecular flexibility index (Phi) is 7.98. The van der Waals surface area contributed by atoms with E-state index in [1.54, 1.807) is 0 Å². The van der Waals surface area contributed by atoms with Gasteiger partial charge in [0.2, 0.25) is 11.4 Å². The molecule has 0 fully saturated rings. The van der Waals surface area contributed by atoms with Crippen molar-refractivity contribution in [3.05, 3.63) is 225 Å². The number of hydrogen-bond acceptors (Lipinski definition) is 2. The average Bonchev–Trinajstić information content (AvgIpc) is 3.91. The van der Waals surface area contributed by atoms with E-state index in [1.807, 2.05) is 6.20 Å². The molecule has 0 saturated carbocycles. The van der Waals surface area contributed by atoms with Gasteiger partial charge in [0.25, 0.3) is 0 Å². The number of rotatable bonds is 4. The van der Waals surface area contributed by atoms with Gasteiger partial charge in [-0.15, -0.1) is 0 Å². The van der Waals surface area contributed by atoms with E-state index >= 15 is 0 Å². The van der Waals surface area contributed by atoms with Gasteiger partial charge in [0.1, 0.15) is 12.2 Å². The summed E-state index contributed by atoms with van der Waals surface area (Å²) in [5.74, 6) is 0. The third-order valence-corrected chi connectivity index (χ3v) is 13.8. The molecule has 5 heteroatoms. The second-order valence-corrected chi connectivity index (χ2v) is 17.3. The van der Waals surface area contributed by atoms with E-state index < -0.39 is 0 Å². The minimum Gasteiger partial charge on any atom is -0.326 e. The van der Waals surface area contributed by atoms with Crippen LogP contribution >= 0.6 is 0 Å². The van der Waals surface area contributed by atoms with E-state index in [0.717, 1.165) is 67.6 Å². The summed E-state index contributed by atoms with van der Waals surface area (Å²) in [7, 11) is 0. The molecule has 66 heavy (non-hydrogen) atoms. The summed E-state index contributed by atoms with van der Waals surface area (Å²) in [6.45, 7) is 0.708. The molecule has 3 aromatic heterocycles. The average molecular weight is 843 g/mol. The fourth-order valence-electron chi connectivity index (χ4n) is 10.9. The number of nitrogens with zero attached hydrogens (tertiary/aromatic N) is 5. The summed E-state index contributed by atoms with van der Waals surface area (Å²) < 4.78 is 7.22. The van der Waals surface area contributed by atoms with Gasteiger partial charge in [-0.05, 0) is 101 Å². The zero-order chi connectivity index (χ0) is 43.3. The summed E-state index contributed by atoms with van der Waals surface area (Å²) in [4.78, 5) is 7.78. The van der Waals surface area contributed by atoms with Gasteiger partial charge in [0.05, 0.1) is 27.8 Å². The van der Waals surface area contributed by atoms with Gasteiger partial charge in [-0.25, -0.2) is 0 Å². The molecule has 308 valence electrons. The molecule has 9 aromatic carbocycles. The molecular weight excluding hydrogens is 803 g/mol. The normalized spacial score (nSPS) is 12.8. The highest BCUT2D eigenvalue weighted by Crippen LogP contribution is 2.52. The molecule has 1 aliphatic carbocycles. The van der Waals surface area contributed by atoms with Crippen molar-refractivity contribution >= 4 is 72.6 Å². The third kappa shape index (κ3) is 5.41. The fraction of sp³-hybridized carbons (Fsp3) is 0.0164. The van der Waals surface area contributed by atoms with Gasteiger partial charge in [0, 0.05) is 74.1 Å². The monoisotopic (exact) mass is 842 g/mol. The topological polar surface area (TPSA) is 29.0 Å². The van der Waals surface area contributed by atoms with Crippen molar-refractivity contribution in [1.29, 1.82) is 0 Å². The van der Waals surface area contributed by atoms with Crippen LogP contribution in [-0.4, -0.2) is 26.9 Å². The smallest absolute Gasteiger partial charge is 0.235 e. The van der Waals surface area contributed by atoms with Crippen LogP contribution in [0.15, 0.2) is 225 Å². The van der Waals surface area contributed by atoms with E-state index in [4.69, 9.17) is 4.98 Å². The van der Waals surface area contributed by atoms with Gasteiger partial charge in [-0.3, -0.25) is 4.98 Å². The molecule has 0 saturated heterocycles. The molecule has 0 spiro atoms. The summed E-state index contributed by atoms with van der Waals surface area (Å²) in [6.07, 6.45) is 4.27. The fourth-order valence-corrected chi connectivity index (χ4v) is 10.9. The first-order chi connectivity index (χ1) is 32.8. The van der Waals surface area contributed by atoms with Gasteiger partial charge in [-0.1, -0.05) is 127 Å². The number of para-hydroxylation sites is 6. The standard InChI is InChI=1S/C61H40N5/c1-3-16-40(17-4-1)63-34-35-64(41-18-5-2-6-19-41)60-39-54-53(38-59(60)63)52-37-43(66-57-27-13-9-22-48(57)49-23-10-14-28-58(49)66)30-32-45(52)44-31-29-42(36-51(44)50-24-15-33-62-61(50)54)65-55-25-11-7-20-46(55)47-21-8-12-26-56(47)65/h1-34,36-39H,35H2/q+1. The lowest BCUT2D eigenvalue weighted by Gasteiger charge is -2.30. The molecular formula is C61H40N5+. The van der Waals surface area contributed by atoms with Crippen molar-refractivity contribution in [1.82, 2.24) is 18.7 Å². The van der Waals surface area contributed by atoms with Crippen molar-refractivity contribution < 1.29 is 0 Å². The Balaban J connectivity index is 1.09. The number of anilines is 2. The Labute approximate surface area is 381 Å². The van der Waals surface area contributed by atoms with Crippen LogP contribution in [0.4, 0.5) is 22.7 Å². The maximum absolute atomic E-state index is 5.35. The Morgan fingerprint density at radius 2 is 0.848 bits per heavy atom. The quantitative estimate of drug-likeness (QED) is 0.165. The van der Waals surface area contributed by atoms with Crippen molar-refractivity contribution in [2.45, 2.75) is 0 Å². The van der Waals surface area contributed by atoms with Gasteiger partial charge >= 0.3 is 0 Å². The highest BCUT2D eigenvalue weighted by molar-refractivity contribution is 6.12. The molecule has 12 aromatic rings. The number of fused-ring (bicyclic) bond motifs is 15. The van der Waals surface area contributed by atoms with Crippen LogP contribution in [0.1, 0.15) is 0 Å². The molecule has 0 N–H and O–H groups in total. The summed E-state index contributed by atoms with van der Waals surface area (Å²) in [5, 5.41) is 4.97. The first-order valence-electron chi connectivity index (χ1n) is 22.7. The molecule has 1 aliphatic heterocycles. The summed E-state index contributed by atoms with van der Waals surface area (Å²) in [5.41, 5.74) is 20.4. The van der Waals surface area contributed by atoms with E-state index in [-0.39, 0.29) is 0 Å². The van der Waals surface area contributed by atoms with Crippen molar-refractivity contribution in [3.8, 4) is 56.0 Å². The van der Waals surface area contributed by atoms with Crippen LogP contribution < -0.4 is 9.48 Å². The van der Waals surface area contributed by atoms with Gasteiger partial charge in [0.15, 0.2) is 6.21 Å². The van der Waals surface area contributed by atoms with Crippen LogP contribution in [0.25, 0.3) is 99.6 Å². The predicted molar refractivity (Wildman–Crippen MR) is 276 cm³/mol. The SMILES string of the molecule is C1=[N+](c2ccccc2)c2cc3c(cc2N(c2ccccc2)C1)-c1ncccc1-c1cc(-n2c4ccccc4c4ccccc42)ccc1-c1ccc(-n2c4ccccc4c4ccccc42)cc1-3. The van der Waals surface area contributed by atoms with E-state index in [1.165, 1.54) is 54.7 Å². The Bertz CT molecular complexity index is 3860. The Morgan fingerprint density at radius 3 is 1.41 bits per heavy atom. The Morgan fingerprint density at radius 1 is 0.364 bits per heavy atom. The molecule has 5 nitrogen and oxygen atoms in total. The molecule has 14 rings (SSSR count). The second-order valence-electron chi connectivity index (χ2n) is 17.3. The van der Waals surface area contributed by atoms with Crippen molar-refractivity contribution in [2.75, 3.05) is 11.4 Å². The number of pyridine rings is 1. The van der Waals surface area contributed by atoms with Crippen LogP contribution in [0.2, 0.25) is 0 Å². The summed E-state index contributed by atoms with van der Waals surface area (Å²) in [6, 6.07) is 79.8. The summed E-state index contributed by atoms with van der Waals surface area (Å²) >= 11 is 0. The number of hydrogen-bond donors (Lipinski definition) is 0. The molecule has 0 unspecified atom stereocenters. The van der Waals surface area contributed by atoms with Gasteiger partial charge in [-0.2, -0.15) is 4.58 Å². The van der Waals surface area contributed by atoms with E-state index in [2.05, 4.69) is 243 Å². The van der Waals surface area contributed by atoms with E-state index in [9.17, 15) is 0 Å². The first-order valence-corrected chi connectivity index (χ1v) is 22.7. The minimum absolute atomic E-state index is 0.708. The predicted octanol–water partition coefficient (Wildman–Crippen LogP) is 15.3. The minimum atomic E-state index is 0.708. The molecule has 0 bridgehead atoms. The maximum atomic E-state index is 5.35. The zero-order valence-electron chi connectivity index (χ0n) is 35.9. The lowest BCUT2D eigenvalue weighted by molar-refractivity contribution is 1.000. The maximum Gasteiger partial charge on any atom is 0.235 e. The molecule has 4 heterocycles. The lowest BCUT2D eigenvalue weighted by atomic mass is 9.81. The zero-order valence-corrected chi connectivity index (χ0v) is 35.9. The number of aromatic nitrogens is 3. The van der Waals surface area contributed by atoms with Crippen molar-refractivity contribution in [2.24, 2.45) is 0 Å². The van der Waals surface area contributed by atoms with Crippen LogP contribution in [0.3, 0.4) is 0 Å². The molecule has 0 radical (unpaired) electrons. The molecule has 0 atom stereocenters. The van der Waals surface area contributed by atoms with Crippen LogP contribution in [-0.2, 0) is 0 Å². The van der Waals surface area contributed by atoms with E-state index in [0.29, 0.717) is 6.54 Å². The first kappa shape index (κ1) is 36.7.